The summed E-state index contributed by atoms with van der Waals surface area (Å²) in [7, 11) is 0. The molecule has 0 unspecified atom stereocenters. The lowest BCUT2D eigenvalue weighted by atomic mass is 9.96. The number of amides is 1. The Labute approximate surface area is 117 Å². The van der Waals surface area contributed by atoms with Gasteiger partial charge in [-0.15, -0.1) is 0 Å². The zero-order chi connectivity index (χ0) is 14.4. The van der Waals surface area contributed by atoms with Crippen LogP contribution in [0.4, 0.5) is 0 Å². The van der Waals surface area contributed by atoms with E-state index >= 15 is 0 Å². The number of carbonyl (C=O) groups is 2. The molecule has 5 heteroatoms. The highest BCUT2D eigenvalue weighted by Crippen LogP contribution is 2.22. The van der Waals surface area contributed by atoms with E-state index in [1.54, 1.807) is 0 Å². The Morgan fingerprint density at radius 1 is 1.35 bits per heavy atom. The van der Waals surface area contributed by atoms with Gasteiger partial charge >= 0.3 is 0 Å². The normalized spacial score (nSPS) is 19.5. The van der Waals surface area contributed by atoms with Crippen LogP contribution in [0.2, 0.25) is 0 Å². The Bertz CT molecular complexity index is 454. The van der Waals surface area contributed by atoms with Gasteiger partial charge in [-0.1, -0.05) is 30.3 Å². The smallest absolute Gasteiger partial charge is 0.221 e. The summed E-state index contributed by atoms with van der Waals surface area (Å²) in [6, 6.07) is 9.47. The SMILES string of the molecule is O=C(C[C@@H](C(=O)[O-])[C@@H]1CCCO1)NCc1ccccc1. The summed E-state index contributed by atoms with van der Waals surface area (Å²) < 4.78 is 5.34. The monoisotopic (exact) mass is 276 g/mol. The first-order valence-corrected chi connectivity index (χ1v) is 6.80. The van der Waals surface area contributed by atoms with Crippen LogP contribution in [0.1, 0.15) is 24.8 Å². The number of aliphatic carboxylic acids is 1. The van der Waals surface area contributed by atoms with Gasteiger partial charge in [0.1, 0.15) is 0 Å². The summed E-state index contributed by atoms with van der Waals surface area (Å²) in [5, 5.41) is 13.8. The number of nitrogens with one attached hydrogen (secondary N) is 1. The molecule has 0 aromatic heterocycles. The number of rotatable bonds is 6. The Morgan fingerprint density at radius 2 is 2.10 bits per heavy atom. The van der Waals surface area contributed by atoms with Gasteiger partial charge in [0.05, 0.1) is 6.10 Å². The summed E-state index contributed by atoms with van der Waals surface area (Å²) in [6.45, 7) is 0.949. The number of carbonyl (C=O) groups excluding carboxylic acids is 2. The maximum absolute atomic E-state index is 11.8. The molecule has 0 saturated carbocycles. The van der Waals surface area contributed by atoms with E-state index in [-0.39, 0.29) is 12.3 Å². The predicted octanol–water partition coefficient (Wildman–Crippen LogP) is 0.238. The topological polar surface area (TPSA) is 78.5 Å². The van der Waals surface area contributed by atoms with Crippen LogP contribution in [0.25, 0.3) is 0 Å². The molecule has 0 aliphatic carbocycles. The molecule has 1 amide bonds. The average molecular weight is 276 g/mol. The first-order chi connectivity index (χ1) is 9.66. The highest BCUT2D eigenvalue weighted by atomic mass is 16.5. The highest BCUT2D eigenvalue weighted by molar-refractivity contribution is 5.81. The van der Waals surface area contributed by atoms with Crippen molar-refractivity contribution in [1.82, 2.24) is 5.32 Å². The zero-order valence-corrected chi connectivity index (χ0v) is 11.2. The quantitative estimate of drug-likeness (QED) is 0.807. The van der Waals surface area contributed by atoms with Gasteiger partial charge in [0.15, 0.2) is 0 Å². The molecular formula is C15H18NO4-. The first-order valence-electron chi connectivity index (χ1n) is 6.80. The van der Waals surface area contributed by atoms with Crippen LogP contribution in [-0.4, -0.2) is 24.6 Å². The Morgan fingerprint density at radius 3 is 2.70 bits per heavy atom. The van der Waals surface area contributed by atoms with Crippen LogP contribution in [0.3, 0.4) is 0 Å². The number of ether oxygens (including phenoxy) is 1. The predicted molar refractivity (Wildman–Crippen MR) is 70.4 cm³/mol. The Hall–Kier alpha value is -1.88. The fourth-order valence-corrected chi connectivity index (χ4v) is 2.35. The summed E-state index contributed by atoms with van der Waals surface area (Å²) in [4.78, 5) is 23.0. The third-order valence-corrected chi connectivity index (χ3v) is 3.45. The van der Waals surface area contributed by atoms with Gasteiger partial charge in [0, 0.05) is 31.5 Å². The zero-order valence-electron chi connectivity index (χ0n) is 11.2. The van der Waals surface area contributed by atoms with E-state index in [4.69, 9.17) is 4.74 Å². The molecule has 1 saturated heterocycles. The molecule has 1 N–H and O–H groups in total. The molecular weight excluding hydrogens is 258 g/mol. The van der Waals surface area contributed by atoms with Crippen molar-refractivity contribution >= 4 is 11.9 Å². The molecule has 5 nitrogen and oxygen atoms in total. The summed E-state index contributed by atoms with van der Waals surface area (Å²) in [6.07, 6.45) is 1.01. The molecule has 2 rings (SSSR count). The molecule has 1 aliphatic rings. The van der Waals surface area contributed by atoms with E-state index in [0.29, 0.717) is 19.6 Å². The summed E-state index contributed by atoms with van der Waals surface area (Å²) in [5.74, 6) is -2.38. The highest BCUT2D eigenvalue weighted by Gasteiger charge is 2.28. The lowest BCUT2D eigenvalue weighted by Gasteiger charge is -2.23. The van der Waals surface area contributed by atoms with Crippen molar-refractivity contribution in [2.75, 3.05) is 6.61 Å². The summed E-state index contributed by atoms with van der Waals surface area (Å²) >= 11 is 0. The van der Waals surface area contributed by atoms with Crippen molar-refractivity contribution in [3.05, 3.63) is 35.9 Å². The molecule has 1 aliphatic heterocycles. The van der Waals surface area contributed by atoms with E-state index in [1.165, 1.54) is 0 Å². The van der Waals surface area contributed by atoms with Gasteiger partial charge in [-0.2, -0.15) is 0 Å². The van der Waals surface area contributed by atoms with E-state index in [0.717, 1.165) is 12.0 Å². The van der Waals surface area contributed by atoms with Crippen molar-refractivity contribution in [2.24, 2.45) is 5.92 Å². The molecule has 1 fully saturated rings. The molecule has 0 spiro atoms. The Kier molecular flexibility index (Phi) is 5.12. The third-order valence-electron chi connectivity index (χ3n) is 3.45. The van der Waals surface area contributed by atoms with E-state index in [1.807, 2.05) is 30.3 Å². The van der Waals surface area contributed by atoms with Crippen LogP contribution >= 0.6 is 0 Å². The minimum absolute atomic E-state index is 0.0974. The van der Waals surface area contributed by atoms with Gasteiger partial charge in [0.25, 0.3) is 0 Å². The molecule has 20 heavy (non-hydrogen) atoms. The second-order valence-electron chi connectivity index (χ2n) is 4.94. The van der Waals surface area contributed by atoms with Gasteiger partial charge in [-0.05, 0) is 18.4 Å². The minimum atomic E-state index is -1.22. The van der Waals surface area contributed by atoms with Crippen molar-refractivity contribution in [2.45, 2.75) is 31.9 Å². The van der Waals surface area contributed by atoms with Crippen molar-refractivity contribution < 1.29 is 19.4 Å². The molecule has 0 bridgehead atoms. The number of carboxylic acids is 1. The van der Waals surface area contributed by atoms with Gasteiger partial charge in [-0.25, -0.2) is 0 Å². The number of hydrogen-bond donors (Lipinski definition) is 1. The number of carboxylic acid groups (broad SMARTS) is 1. The third kappa shape index (κ3) is 4.06. The molecule has 1 aromatic rings. The maximum atomic E-state index is 11.8. The fraction of sp³-hybridized carbons (Fsp3) is 0.467. The van der Waals surface area contributed by atoms with Crippen LogP contribution in [0, 0.1) is 5.92 Å². The lowest BCUT2D eigenvalue weighted by Crippen LogP contribution is -2.41. The van der Waals surface area contributed by atoms with Gasteiger partial charge < -0.3 is 20.0 Å². The van der Waals surface area contributed by atoms with E-state index < -0.39 is 18.0 Å². The first kappa shape index (κ1) is 14.5. The van der Waals surface area contributed by atoms with Crippen LogP contribution in [0.15, 0.2) is 30.3 Å². The molecule has 1 aromatic carbocycles. The fourth-order valence-electron chi connectivity index (χ4n) is 2.35. The van der Waals surface area contributed by atoms with E-state index in [9.17, 15) is 14.7 Å². The maximum Gasteiger partial charge on any atom is 0.221 e. The molecule has 2 atom stereocenters. The van der Waals surface area contributed by atoms with Gasteiger partial charge in [-0.3, -0.25) is 4.79 Å². The van der Waals surface area contributed by atoms with E-state index in [2.05, 4.69) is 5.32 Å². The van der Waals surface area contributed by atoms with Crippen molar-refractivity contribution in [3.63, 3.8) is 0 Å². The second kappa shape index (κ2) is 7.05. The number of hydrogen-bond acceptors (Lipinski definition) is 4. The minimum Gasteiger partial charge on any atom is -0.550 e. The largest absolute Gasteiger partial charge is 0.550 e. The lowest BCUT2D eigenvalue weighted by molar-refractivity contribution is -0.314. The van der Waals surface area contributed by atoms with Crippen LogP contribution < -0.4 is 10.4 Å². The molecule has 0 radical (unpaired) electrons. The van der Waals surface area contributed by atoms with Crippen LogP contribution in [0.5, 0.6) is 0 Å². The number of benzene rings is 1. The second-order valence-corrected chi connectivity index (χ2v) is 4.94. The molecule has 1 heterocycles. The van der Waals surface area contributed by atoms with Crippen molar-refractivity contribution in [1.29, 1.82) is 0 Å². The summed E-state index contributed by atoms with van der Waals surface area (Å²) in [5.41, 5.74) is 0.975. The van der Waals surface area contributed by atoms with Gasteiger partial charge in [0.2, 0.25) is 5.91 Å². The Balaban J connectivity index is 1.84. The van der Waals surface area contributed by atoms with Crippen LogP contribution in [-0.2, 0) is 20.9 Å². The molecule has 108 valence electrons. The van der Waals surface area contributed by atoms with Crippen molar-refractivity contribution in [3.8, 4) is 0 Å². The average Bonchev–Trinajstić information content (AvgIpc) is 2.97. The standard InChI is InChI=1S/C15H19NO4/c17-14(16-10-11-5-2-1-3-6-11)9-12(15(18)19)13-7-4-8-20-13/h1-3,5-6,12-13H,4,7-10H2,(H,16,17)(H,18,19)/p-1/t12-,13+/m1/s1.